The molecule has 0 amide bonds. The number of aliphatic hydroxyl groups is 1. The quantitative estimate of drug-likeness (QED) is 0.764. The zero-order valence-electron chi connectivity index (χ0n) is 8.16. The lowest BCUT2D eigenvalue weighted by molar-refractivity contribution is 0.266. The van der Waals surface area contributed by atoms with E-state index in [1.54, 1.807) is 24.3 Å². The Morgan fingerprint density at radius 2 is 1.87 bits per heavy atom. The highest BCUT2D eigenvalue weighted by Gasteiger charge is 2.20. The topological polar surface area (TPSA) is 74.6 Å². The van der Waals surface area contributed by atoms with Crippen LogP contribution in [0.1, 0.15) is 12.5 Å². The molecule has 0 aliphatic heterocycles. The summed E-state index contributed by atoms with van der Waals surface area (Å²) in [5, 5.41) is 9.21. The SMILES string of the molecule is C/C(=C/c1ccccc1)[C@H](O)S(=O)(=O)O. The number of aliphatic hydroxyl groups excluding tert-OH is 1. The molecule has 4 nitrogen and oxygen atoms in total. The maximum absolute atomic E-state index is 10.6. The molecule has 15 heavy (non-hydrogen) atoms. The molecule has 1 aromatic rings. The molecule has 2 N–H and O–H groups in total. The summed E-state index contributed by atoms with van der Waals surface area (Å²) < 4.78 is 29.9. The molecule has 0 aromatic heterocycles. The van der Waals surface area contributed by atoms with Crippen LogP contribution in [0, 0.1) is 0 Å². The van der Waals surface area contributed by atoms with Crippen LogP contribution in [0.2, 0.25) is 0 Å². The van der Waals surface area contributed by atoms with E-state index in [0.717, 1.165) is 5.56 Å². The Labute approximate surface area is 88.6 Å². The number of hydrogen-bond acceptors (Lipinski definition) is 3. The second kappa shape index (κ2) is 4.57. The predicted molar refractivity (Wildman–Crippen MR) is 57.6 cm³/mol. The summed E-state index contributed by atoms with van der Waals surface area (Å²) in [4.78, 5) is 0. The van der Waals surface area contributed by atoms with Gasteiger partial charge in [-0.3, -0.25) is 4.55 Å². The summed E-state index contributed by atoms with van der Waals surface area (Å²) in [6.45, 7) is 1.44. The van der Waals surface area contributed by atoms with Crippen molar-refractivity contribution in [1.82, 2.24) is 0 Å². The molecule has 0 saturated heterocycles. The number of benzene rings is 1. The summed E-state index contributed by atoms with van der Waals surface area (Å²) in [6, 6.07) is 8.93. The Kier molecular flexibility index (Phi) is 3.62. The van der Waals surface area contributed by atoms with Gasteiger partial charge in [0.15, 0.2) is 0 Å². The van der Waals surface area contributed by atoms with Crippen molar-refractivity contribution < 1.29 is 18.1 Å². The Morgan fingerprint density at radius 1 is 1.33 bits per heavy atom. The lowest BCUT2D eigenvalue weighted by atomic mass is 10.1. The minimum Gasteiger partial charge on any atom is -0.372 e. The van der Waals surface area contributed by atoms with Gasteiger partial charge in [-0.05, 0) is 18.1 Å². The van der Waals surface area contributed by atoms with Crippen molar-refractivity contribution in [1.29, 1.82) is 0 Å². The van der Waals surface area contributed by atoms with Crippen LogP contribution in [0.4, 0.5) is 0 Å². The van der Waals surface area contributed by atoms with Crippen molar-refractivity contribution in [2.45, 2.75) is 12.4 Å². The van der Waals surface area contributed by atoms with Crippen LogP contribution in [0.25, 0.3) is 6.08 Å². The van der Waals surface area contributed by atoms with Gasteiger partial charge < -0.3 is 5.11 Å². The largest absolute Gasteiger partial charge is 0.372 e. The zero-order valence-corrected chi connectivity index (χ0v) is 8.98. The lowest BCUT2D eigenvalue weighted by Crippen LogP contribution is -2.20. The average molecular weight is 228 g/mol. The van der Waals surface area contributed by atoms with E-state index in [0.29, 0.717) is 0 Å². The summed E-state index contributed by atoms with van der Waals surface area (Å²) in [5.74, 6) is 0. The van der Waals surface area contributed by atoms with Gasteiger partial charge in [0.05, 0.1) is 0 Å². The number of rotatable bonds is 3. The molecule has 0 unspecified atom stereocenters. The highest BCUT2D eigenvalue weighted by molar-refractivity contribution is 7.86. The van der Waals surface area contributed by atoms with Crippen LogP contribution in [0.15, 0.2) is 35.9 Å². The molecule has 1 atom stereocenters. The molecule has 0 radical (unpaired) electrons. The maximum atomic E-state index is 10.6. The Hall–Kier alpha value is -1.17. The molecule has 0 aliphatic carbocycles. The van der Waals surface area contributed by atoms with Crippen LogP contribution < -0.4 is 0 Å². The van der Waals surface area contributed by atoms with Crippen molar-refractivity contribution in [3.63, 3.8) is 0 Å². The summed E-state index contributed by atoms with van der Waals surface area (Å²) in [7, 11) is -4.43. The van der Waals surface area contributed by atoms with E-state index >= 15 is 0 Å². The molecule has 0 saturated carbocycles. The predicted octanol–water partition coefficient (Wildman–Crippen LogP) is 1.30. The van der Waals surface area contributed by atoms with E-state index in [1.165, 1.54) is 13.0 Å². The van der Waals surface area contributed by atoms with E-state index in [2.05, 4.69) is 0 Å². The van der Waals surface area contributed by atoms with Crippen molar-refractivity contribution in [3.05, 3.63) is 41.5 Å². The van der Waals surface area contributed by atoms with E-state index < -0.39 is 15.6 Å². The zero-order chi connectivity index (χ0) is 11.5. The molecular formula is C10H12O4S. The molecule has 0 aliphatic rings. The van der Waals surface area contributed by atoms with E-state index in [-0.39, 0.29) is 5.57 Å². The monoisotopic (exact) mass is 228 g/mol. The molecule has 0 bridgehead atoms. The first-order chi connectivity index (χ1) is 6.91. The Bertz CT molecular complexity index is 448. The van der Waals surface area contributed by atoms with Gasteiger partial charge in [-0.1, -0.05) is 36.4 Å². The van der Waals surface area contributed by atoms with Gasteiger partial charge in [-0.15, -0.1) is 0 Å². The molecular weight excluding hydrogens is 216 g/mol. The van der Waals surface area contributed by atoms with Crippen LogP contribution in [0.5, 0.6) is 0 Å². The van der Waals surface area contributed by atoms with Crippen LogP contribution in [0.3, 0.4) is 0 Å². The first-order valence-corrected chi connectivity index (χ1v) is 5.79. The minimum atomic E-state index is -4.43. The van der Waals surface area contributed by atoms with Crippen molar-refractivity contribution in [3.8, 4) is 0 Å². The second-order valence-electron chi connectivity index (χ2n) is 3.17. The van der Waals surface area contributed by atoms with Gasteiger partial charge in [-0.25, -0.2) is 0 Å². The molecule has 0 spiro atoms. The van der Waals surface area contributed by atoms with E-state index in [9.17, 15) is 13.5 Å². The summed E-state index contributed by atoms with van der Waals surface area (Å²) in [6.07, 6.45) is 1.50. The fourth-order valence-corrected chi connectivity index (χ4v) is 1.66. The molecule has 82 valence electrons. The molecule has 0 fully saturated rings. The third-order valence-electron chi connectivity index (χ3n) is 1.87. The highest BCUT2D eigenvalue weighted by Crippen LogP contribution is 2.12. The normalized spacial score (nSPS) is 15.0. The Balaban J connectivity index is 2.95. The molecule has 1 rings (SSSR count). The summed E-state index contributed by atoms with van der Waals surface area (Å²) in [5.41, 5.74) is -0.931. The molecule has 0 heterocycles. The fraction of sp³-hybridized carbons (Fsp3) is 0.200. The lowest BCUT2D eigenvalue weighted by Gasteiger charge is -2.07. The van der Waals surface area contributed by atoms with Gasteiger partial charge in [0, 0.05) is 0 Å². The van der Waals surface area contributed by atoms with Crippen molar-refractivity contribution >= 4 is 16.2 Å². The highest BCUT2D eigenvalue weighted by atomic mass is 32.2. The molecule has 1 aromatic carbocycles. The van der Waals surface area contributed by atoms with Gasteiger partial charge in [0.1, 0.15) is 0 Å². The van der Waals surface area contributed by atoms with Crippen molar-refractivity contribution in [2.75, 3.05) is 0 Å². The average Bonchev–Trinajstić information content (AvgIpc) is 2.16. The maximum Gasteiger partial charge on any atom is 0.296 e. The van der Waals surface area contributed by atoms with E-state index in [1.807, 2.05) is 6.07 Å². The first-order valence-electron chi connectivity index (χ1n) is 4.29. The third-order valence-corrected chi connectivity index (χ3v) is 2.80. The number of hydrogen-bond donors (Lipinski definition) is 2. The van der Waals surface area contributed by atoms with Gasteiger partial charge in [0.25, 0.3) is 10.1 Å². The van der Waals surface area contributed by atoms with Crippen LogP contribution in [-0.2, 0) is 10.1 Å². The van der Waals surface area contributed by atoms with Gasteiger partial charge >= 0.3 is 0 Å². The smallest absolute Gasteiger partial charge is 0.296 e. The summed E-state index contributed by atoms with van der Waals surface area (Å²) >= 11 is 0. The van der Waals surface area contributed by atoms with Crippen LogP contribution >= 0.6 is 0 Å². The van der Waals surface area contributed by atoms with Gasteiger partial charge in [-0.2, -0.15) is 8.42 Å². The van der Waals surface area contributed by atoms with Gasteiger partial charge in [0.2, 0.25) is 5.44 Å². The third kappa shape index (κ3) is 3.47. The van der Waals surface area contributed by atoms with E-state index in [4.69, 9.17) is 4.55 Å². The van der Waals surface area contributed by atoms with Crippen molar-refractivity contribution in [2.24, 2.45) is 0 Å². The van der Waals surface area contributed by atoms with Crippen LogP contribution in [-0.4, -0.2) is 23.5 Å². The standard InChI is InChI=1S/C10H12O4S/c1-8(10(11)15(12,13)14)7-9-5-3-2-4-6-9/h2-7,10-11H,1H3,(H,12,13,14)/b8-7-/t10-/m1/s1. The molecule has 5 heteroatoms. The first kappa shape index (κ1) is 11.9. The Morgan fingerprint density at radius 3 is 2.33 bits per heavy atom. The second-order valence-corrected chi connectivity index (χ2v) is 4.64. The minimum absolute atomic E-state index is 0.170. The fourth-order valence-electron chi connectivity index (χ4n) is 1.12.